The van der Waals surface area contributed by atoms with Crippen LogP contribution in [0.2, 0.25) is 0 Å². The number of H-pyrrole nitrogens is 1. The molecule has 2 N–H and O–H groups in total. The quantitative estimate of drug-likeness (QED) is 0.789. The monoisotopic (exact) mass is 328 g/mol. The molecular formula is C13H11F3N4OS. The molecular weight excluding hydrogens is 317 g/mol. The number of halogens is 3. The van der Waals surface area contributed by atoms with Crippen LogP contribution < -0.4 is 4.90 Å². The molecule has 1 aliphatic rings. The number of aromatic nitrogens is 3. The van der Waals surface area contributed by atoms with Crippen molar-refractivity contribution in [1.82, 2.24) is 14.8 Å². The second kappa shape index (κ2) is 4.96. The topological polar surface area (TPSA) is 57.1 Å². The van der Waals surface area contributed by atoms with E-state index in [4.69, 9.17) is 12.2 Å². The number of nitrogens with zero attached hydrogens (tertiary/aromatic N) is 3. The number of aliphatic hydroxyl groups excluding tert-OH is 1. The Morgan fingerprint density at radius 1 is 1.32 bits per heavy atom. The lowest BCUT2D eigenvalue weighted by molar-refractivity contribution is -0.138. The van der Waals surface area contributed by atoms with Gasteiger partial charge in [0.15, 0.2) is 16.8 Å². The zero-order valence-corrected chi connectivity index (χ0v) is 12.1. The van der Waals surface area contributed by atoms with Gasteiger partial charge in [-0.05, 0) is 36.8 Å². The van der Waals surface area contributed by atoms with E-state index in [9.17, 15) is 18.3 Å². The molecule has 9 heteroatoms. The molecule has 1 unspecified atom stereocenters. The van der Waals surface area contributed by atoms with Crippen molar-refractivity contribution in [1.29, 1.82) is 0 Å². The lowest BCUT2D eigenvalue weighted by atomic mass is 10.1. The van der Waals surface area contributed by atoms with E-state index >= 15 is 0 Å². The molecule has 3 rings (SSSR count). The minimum atomic E-state index is -4.45. The highest BCUT2D eigenvalue weighted by Crippen LogP contribution is 2.38. The third-order valence-corrected chi connectivity index (χ3v) is 3.78. The Balaban J connectivity index is 2.09. The first-order chi connectivity index (χ1) is 10.3. The fourth-order valence-electron chi connectivity index (χ4n) is 2.41. The van der Waals surface area contributed by atoms with Gasteiger partial charge in [-0.3, -0.25) is 9.67 Å². The van der Waals surface area contributed by atoms with Crippen LogP contribution in [0.3, 0.4) is 0 Å². The zero-order chi connectivity index (χ0) is 16.1. The van der Waals surface area contributed by atoms with Gasteiger partial charge < -0.3 is 10.0 Å². The van der Waals surface area contributed by atoms with Crippen molar-refractivity contribution >= 4 is 24.1 Å². The van der Waals surface area contributed by atoms with Crippen molar-refractivity contribution in [2.45, 2.75) is 19.3 Å². The second-order valence-electron chi connectivity index (χ2n) is 4.78. The first kappa shape index (κ1) is 14.8. The molecule has 0 fully saturated rings. The average Bonchev–Trinajstić information content (AvgIpc) is 2.81. The summed E-state index contributed by atoms with van der Waals surface area (Å²) in [6.45, 7) is 1.37. The van der Waals surface area contributed by atoms with Crippen molar-refractivity contribution < 1.29 is 18.3 Å². The van der Waals surface area contributed by atoms with Crippen LogP contribution in [0.1, 0.15) is 23.2 Å². The maximum absolute atomic E-state index is 13.0. The van der Waals surface area contributed by atoms with Crippen molar-refractivity contribution in [3.05, 3.63) is 46.1 Å². The normalized spacial score (nSPS) is 17.7. The SMILES string of the molecule is Cc1c(N2C=Cn3c(n[nH]c3=S)C2O)cccc1C(F)(F)F. The molecule has 1 aromatic carbocycles. The molecule has 0 bridgehead atoms. The van der Waals surface area contributed by atoms with Crippen LogP contribution in [0.4, 0.5) is 18.9 Å². The fraction of sp³-hybridized carbons (Fsp3) is 0.231. The Morgan fingerprint density at radius 3 is 2.73 bits per heavy atom. The van der Waals surface area contributed by atoms with Gasteiger partial charge in [0, 0.05) is 18.1 Å². The van der Waals surface area contributed by atoms with Crippen LogP contribution in [-0.4, -0.2) is 19.9 Å². The highest BCUT2D eigenvalue weighted by molar-refractivity contribution is 7.71. The molecule has 0 saturated heterocycles. The largest absolute Gasteiger partial charge is 0.416 e. The van der Waals surface area contributed by atoms with Crippen LogP contribution in [0.5, 0.6) is 0 Å². The van der Waals surface area contributed by atoms with Gasteiger partial charge in [0.2, 0.25) is 0 Å². The van der Waals surface area contributed by atoms with Crippen molar-refractivity contribution in [3.63, 3.8) is 0 Å². The molecule has 2 aromatic rings. The van der Waals surface area contributed by atoms with E-state index in [1.165, 1.54) is 40.9 Å². The molecule has 0 spiro atoms. The van der Waals surface area contributed by atoms with Gasteiger partial charge in [-0.15, -0.1) is 0 Å². The third-order valence-electron chi connectivity index (χ3n) is 3.49. The molecule has 116 valence electrons. The van der Waals surface area contributed by atoms with E-state index in [1.54, 1.807) is 0 Å². The van der Waals surface area contributed by atoms with Gasteiger partial charge in [-0.25, -0.2) is 0 Å². The number of anilines is 1. The summed E-state index contributed by atoms with van der Waals surface area (Å²) >= 11 is 4.99. The number of aliphatic hydroxyl groups is 1. The van der Waals surface area contributed by atoms with Gasteiger partial charge in [-0.1, -0.05) is 6.07 Å². The van der Waals surface area contributed by atoms with Crippen LogP contribution in [0.15, 0.2) is 24.4 Å². The fourth-order valence-corrected chi connectivity index (χ4v) is 2.61. The van der Waals surface area contributed by atoms with E-state index in [0.717, 1.165) is 6.07 Å². The number of alkyl halides is 3. The molecule has 0 amide bonds. The van der Waals surface area contributed by atoms with Gasteiger partial charge in [0.05, 0.1) is 5.56 Å². The van der Waals surface area contributed by atoms with E-state index in [2.05, 4.69) is 10.2 Å². The minimum absolute atomic E-state index is 0.0290. The molecule has 5 nitrogen and oxygen atoms in total. The number of aromatic amines is 1. The molecule has 0 aliphatic carbocycles. The maximum Gasteiger partial charge on any atom is 0.416 e. The summed E-state index contributed by atoms with van der Waals surface area (Å²) in [6, 6.07) is 3.82. The van der Waals surface area contributed by atoms with E-state index in [0.29, 0.717) is 4.77 Å². The summed E-state index contributed by atoms with van der Waals surface area (Å²) in [5.74, 6) is 0.212. The molecule has 1 aliphatic heterocycles. The Hall–Kier alpha value is -2.13. The summed E-state index contributed by atoms with van der Waals surface area (Å²) in [4.78, 5) is 1.32. The molecule has 2 heterocycles. The number of rotatable bonds is 1. The lowest BCUT2D eigenvalue weighted by Gasteiger charge is -2.30. The smallest absolute Gasteiger partial charge is 0.366 e. The Labute approximate surface area is 128 Å². The standard InChI is InChI=1S/C13H11F3N4OS/c1-7-8(13(14,15)16)3-2-4-9(7)19-5-6-20-10(11(19)21)17-18-12(20)22/h2-6,11,21H,1H3,(H,18,22). The van der Waals surface area contributed by atoms with Crippen LogP contribution in [0.25, 0.3) is 6.20 Å². The summed E-state index contributed by atoms with van der Waals surface area (Å²) in [5, 5.41) is 16.8. The first-order valence-corrected chi connectivity index (χ1v) is 6.70. The highest BCUT2D eigenvalue weighted by Gasteiger charge is 2.34. The van der Waals surface area contributed by atoms with Crippen molar-refractivity contribution in [2.75, 3.05) is 4.90 Å². The lowest BCUT2D eigenvalue weighted by Crippen LogP contribution is -2.29. The average molecular weight is 328 g/mol. The molecule has 0 saturated carbocycles. The van der Waals surface area contributed by atoms with E-state index in [1.807, 2.05) is 0 Å². The predicted octanol–water partition coefficient (Wildman–Crippen LogP) is 3.21. The molecule has 22 heavy (non-hydrogen) atoms. The van der Waals surface area contributed by atoms with Crippen molar-refractivity contribution in [2.24, 2.45) is 0 Å². The summed E-state index contributed by atoms with van der Waals surface area (Å²) < 4.78 is 40.8. The van der Waals surface area contributed by atoms with E-state index < -0.39 is 18.0 Å². The summed E-state index contributed by atoms with van der Waals surface area (Å²) in [5.41, 5.74) is -0.463. The molecule has 1 atom stereocenters. The predicted molar refractivity (Wildman–Crippen MR) is 76.4 cm³/mol. The number of nitrogens with one attached hydrogen (secondary N) is 1. The van der Waals surface area contributed by atoms with E-state index in [-0.39, 0.29) is 17.1 Å². The third kappa shape index (κ3) is 2.22. The van der Waals surface area contributed by atoms with Crippen LogP contribution in [0, 0.1) is 11.7 Å². The number of fused-ring (bicyclic) bond motifs is 1. The molecule has 1 aromatic heterocycles. The van der Waals surface area contributed by atoms with Crippen LogP contribution in [-0.2, 0) is 6.18 Å². The van der Waals surface area contributed by atoms with Gasteiger partial charge in [0.1, 0.15) is 0 Å². The highest BCUT2D eigenvalue weighted by atomic mass is 32.1. The summed E-state index contributed by atoms with van der Waals surface area (Å²) in [7, 11) is 0. The van der Waals surface area contributed by atoms with Gasteiger partial charge in [-0.2, -0.15) is 18.3 Å². The minimum Gasteiger partial charge on any atom is -0.366 e. The molecule has 0 radical (unpaired) electrons. The van der Waals surface area contributed by atoms with Crippen LogP contribution >= 0.6 is 12.2 Å². The Kier molecular flexibility index (Phi) is 3.33. The number of hydrogen-bond donors (Lipinski definition) is 2. The van der Waals surface area contributed by atoms with Gasteiger partial charge >= 0.3 is 6.18 Å². The Bertz CT molecular complexity index is 808. The second-order valence-corrected chi connectivity index (χ2v) is 5.17. The first-order valence-electron chi connectivity index (χ1n) is 6.29. The van der Waals surface area contributed by atoms with Gasteiger partial charge in [0.25, 0.3) is 0 Å². The number of hydrogen-bond acceptors (Lipinski definition) is 4. The summed E-state index contributed by atoms with van der Waals surface area (Å²) in [6.07, 6.45) is -2.69. The zero-order valence-electron chi connectivity index (χ0n) is 11.3. The van der Waals surface area contributed by atoms with Crippen molar-refractivity contribution in [3.8, 4) is 0 Å². The maximum atomic E-state index is 13.0. The number of benzene rings is 1. The Morgan fingerprint density at radius 2 is 2.05 bits per heavy atom.